The van der Waals surface area contributed by atoms with Crippen molar-refractivity contribution in [1.29, 1.82) is 0 Å². The monoisotopic (exact) mass is 252 g/mol. The maximum Gasteiger partial charge on any atom is 0.305 e. The van der Waals surface area contributed by atoms with Crippen LogP contribution >= 0.6 is 0 Å². The van der Waals surface area contributed by atoms with Crippen LogP contribution in [-0.4, -0.2) is 13.3 Å². The van der Waals surface area contributed by atoms with Crippen molar-refractivity contribution in [3.05, 3.63) is 39.4 Å². The molecule has 2 N–H and O–H groups in total. The Morgan fingerprint density at radius 3 is 2.38 bits per heavy atom. The van der Waals surface area contributed by atoms with Crippen molar-refractivity contribution < 1.29 is 22.1 Å². The molecule has 6 nitrogen and oxygen atoms in total. The summed E-state index contributed by atoms with van der Waals surface area (Å²) in [6.07, 6.45) is 0. The second-order valence-corrected chi connectivity index (χ2v) is 4.54. The molecular weight excluding hydrogens is 246 g/mol. The van der Waals surface area contributed by atoms with E-state index in [9.17, 15) is 27.3 Å². The molecule has 0 unspecified atom stereocenters. The largest absolute Gasteiger partial charge is 0.305 e. The van der Waals surface area contributed by atoms with E-state index in [0.717, 1.165) is 0 Å². The summed E-state index contributed by atoms with van der Waals surface area (Å²) < 4.78 is 47.7. The molecule has 9 heteroatoms. The van der Waals surface area contributed by atoms with Crippen molar-refractivity contribution in [3.8, 4) is 0 Å². The van der Waals surface area contributed by atoms with Gasteiger partial charge in [0.25, 0.3) is 0 Å². The van der Waals surface area contributed by atoms with Gasteiger partial charge in [0, 0.05) is 11.6 Å². The van der Waals surface area contributed by atoms with Crippen LogP contribution in [0.25, 0.3) is 0 Å². The Morgan fingerprint density at radius 2 is 1.94 bits per heavy atom. The van der Waals surface area contributed by atoms with Gasteiger partial charge >= 0.3 is 5.69 Å². The highest BCUT2D eigenvalue weighted by Gasteiger charge is 2.23. The number of nitro benzene ring substituents is 1. The van der Waals surface area contributed by atoms with E-state index in [0.29, 0.717) is 12.1 Å². The third-order valence-electron chi connectivity index (χ3n) is 1.71. The van der Waals surface area contributed by atoms with Crippen LogP contribution in [0.1, 0.15) is 5.56 Å². The highest BCUT2D eigenvalue weighted by Crippen LogP contribution is 2.23. The molecule has 16 heavy (non-hydrogen) atoms. The van der Waals surface area contributed by atoms with Crippen molar-refractivity contribution in [2.24, 2.45) is 5.14 Å². The fraction of sp³-hybridized carbons (Fsp3) is 0.143. The summed E-state index contributed by atoms with van der Waals surface area (Å²) in [6.45, 7) is 0. The number of halogens is 2. The zero-order valence-electron chi connectivity index (χ0n) is 7.68. The third kappa shape index (κ3) is 2.70. The van der Waals surface area contributed by atoms with Crippen LogP contribution in [0.4, 0.5) is 14.5 Å². The Bertz CT molecular complexity index is 544. The zero-order valence-corrected chi connectivity index (χ0v) is 8.50. The van der Waals surface area contributed by atoms with Crippen LogP contribution in [0.2, 0.25) is 0 Å². The molecule has 0 aliphatic rings. The summed E-state index contributed by atoms with van der Waals surface area (Å²) in [5.74, 6) is -3.86. The van der Waals surface area contributed by atoms with Crippen LogP contribution < -0.4 is 5.14 Å². The minimum atomic E-state index is -4.17. The maximum absolute atomic E-state index is 13.3. The summed E-state index contributed by atoms with van der Waals surface area (Å²) in [5, 5.41) is 14.9. The Labute approximate surface area is 88.9 Å². The van der Waals surface area contributed by atoms with Crippen LogP contribution in [0.5, 0.6) is 0 Å². The Morgan fingerprint density at radius 1 is 1.38 bits per heavy atom. The van der Waals surface area contributed by atoms with Gasteiger partial charge in [-0.25, -0.2) is 17.9 Å². The average molecular weight is 252 g/mol. The van der Waals surface area contributed by atoms with E-state index >= 15 is 0 Å². The van der Waals surface area contributed by atoms with E-state index in [1.54, 1.807) is 0 Å². The SMILES string of the molecule is NS(=O)(=O)Cc1c(F)ccc([N+](=O)[O-])c1F. The van der Waals surface area contributed by atoms with E-state index < -0.39 is 43.6 Å². The predicted octanol–water partition coefficient (Wildman–Crippen LogP) is 0.662. The lowest BCUT2D eigenvalue weighted by Crippen LogP contribution is -2.17. The molecule has 0 saturated carbocycles. The van der Waals surface area contributed by atoms with Crippen molar-refractivity contribution in [2.45, 2.75) is 5.75 Å². The molecule has 0 saturated heterocycles. The first-order valence-electron chi connectivity index (χ1n) is 3.84. The number of nitrogens with zero attached hydrogens (tertiary/aromatic N) is 1. The average Bonchev–Trinajstić information content (AvgIpc) is 2.10. The highest BCUT2D eigenvalue weighted by molar-refractivity contribution is 7.88. The standard InChI is InChI=1S/C7H6F2N2O4S/c8-5-1-2-6(11(12)13)7(9)4(5)3-16(10,14)15/h1-2H,3H2,(H2,10,14,15). The number of nitro groups is 1. The quantitative estimate of drug-likeness (QED) is 0.630. The van der Waals surface area contributed by atoms with Gasteiger partial charge in [0.05, 0.1) is 10.7 Å². The third-order valence-corrected chi connectivity index (χ3v) is 2.40. The van der Waals surface area contributed by atoms with Gasteiger partial charge in [-0.05, 0) is 6.07 Å². The number of nitrogens with two attached hydrogens (primary N) is 1. The van der Waals surface area contributed by atoms with Gasteiger partial charge in [0.15, 0.2) is 0 Å². The van der Waals surface area contributed by atoms with Crippen molar-refractivity contribution in [3.63, 3.8) is 0 Å². The first kappa shape index (κ1) is 12.5. The first-order chi connectivity index (χ1) is 7.22. The normalized spacial score (nSPS) is 11.4. The first-order valence-corrected chi connectivity index (χ1v) is 5.55. The molecule has 0 aromatic heterocycles. The van der Waals surface area contributed by atoms with Crippen LogP contribution in [0.3, 0.4) is 0 Å². The van der Waals surface area contributed by atoms with Gasteiger partial charge in [-0.2, -0.15) is 4.39 Å². The van der Waals surface area contributed by atoms with Gasteiger partial charge in [0.1, 0.15) is 5.82 Å². The lowest BCUT2D eigenvalue weighted by molar-refractivity contribution is -0.387. The second-order valence-electron chi connectivity index (χ2n) is 2.92. The molecule has 0 heterocycles. The highest BCUT2D eigenvalue weighted by atomic mass is 32.2. The topological polar surface area (TPSA) is 103 Å². The molecule has 88 valence electrons. The zero-order chi connectivity index (χ0) is 12.5. The fourth-order valence-electron chi connectivity index (χ4n) is 1.06. The number of sulfonamides is 1. The minimum Gasteiger partial charge on any atom is -0.258 e. The molecule has 1 aromatic carbocycles. The molecule has 0 atom stereocenters. The Hall–Kier alpha value is -1.61. The van der Waals surface area contributed by atoms with Crippen molar-refractivity contribution in [2.75, 3.05) is 0 Å². The number of primary sulfonamides is 1. The van der Waals surface area contributed by atoms with Crippen LogP contribution in [0, 0.1) is 21.7 Å². The van der Waals surface area contributed by atoms with E-state index in [-0.39, 0.29) is 0 Å². The summed E-state index contributed by atoms with van der Waals surface area (Å²) in [6, 6.07) is 1.22. The Kier molecular flexibility index (Phi) is 3.19. The van der Waals surface area contributed by atoms with Crippen molar-refractivity contribution in [1.82, 2.24) is 0 Å². The van der Waals surface area contributed by atoms with Gasteiger partial charge < -0.3 is 0 Å². The minimum absolute atomic E-state index is 0.608. The van der Waals surface area contributed by atoms with E-state index in [1.807, 2.05) is 0 Å². The molecule has 0 amide bonds. The maximum atomic E-state index is 13.3. The predicted molar refractivity (Wildman–Crippen MR) is 49.8 cm³/mol. The molecule has 0 bridgehead atoms. The molecule has 1 aromatic rings. The van der Waals surface area contributed by atoms with Gasteiger partial charge in [-0.3, -0.25) is 10.1 Å². The second kappa shape index (κ2) is 4.10. The Balaban J connectivity index is 3.38. The molecule has 0 aliphatic heterocycles. The van der Waals surface area contributed by atoms with Crippen LogP contribution in [-0.2, 0) is 15.8 Å². The number of hydrogen-bond donors (Lipinski definition) is 1. The summed E-state index contributed by atoms with van der Waals surface area (Å²) in [4.78, 5) is 9.23. The molecule has 1 rings (SSSR count). The lowest BCUT2D eigenvalue weighted by atomic mass is 10.2. The molecular formula is C7H6F2N2O4S. The molecule has 0 spiro atoms. The fourth-order valence-corrected chi connectivity index (χ4v) is 1.73. The summed E-state index contributed by atoms with van der Waals surface area (Å²) in [5.41, 5.74) is -1.93. The summed E-state index contributed by atoms with van der Waals surface area (Å²) in [7, 11) is -4.17. The van der Waals surface area contributed by atoms with Crippen molar-refractivity contribution >= 4 is 15.7 Å². The van der Waals surface area contributed by atoms with Gasteiger partial charge in [0.2, 0.25) is 15.8 Å². The molecule has 0 aliphatic carbocycles. The van der Waals surface area contributed by atoms with E-state index in [1.165, 1.54) is 0 Å². The smallest absolute Gasteiger partial charge is 0.258 e. The van der Waals surface area contributed by atoms with Gasteiger partial charge in [-0.1, -0.05) is 0 Å². The lowest BCUT2D eigenvalue weighted by Gasteiger charge is -2.03. The van der Waals surface area contributed by atoms with Gasteiger partial charge in [-0.15, -0.1) is 0 Å². The molecule has 0 radical (unpaired) electrons. The van der Waals surface area contributed by atoms with E-state index in [4.69, 9.17) is 0 Å². The number of rotatable bonds is 3. The van der Waals surface area contributed by atoms with Crippen LogP contribution in [0.15, 0.2) is 12.1 Å². The van der Waals surface area contributed by atoms with E-state index in [2.05, 4.69) is 5.14 Å². The number of benzene rings is 1. The molecule has 0 fully saturated rings. The summed E-state index contributed by atoms with van der Waals surface area (Å²) >= 11 is 0. The number of hydrogen-bond acceptors (Lipinski definition) is 4.